The van der Waals surface area contributed by atoms with Gasteiger partial charge in [0.2, 0.25) is 0 Å². The number of aliphatic hydroxyl groups excluding tert-OH is 1. The van der Waals surface area contributed by atoms with Crippen molar-refractivity contribution in [2.24, 2.45) is 0 Å². The molecule has 0 bridgehead atoms. The van der Waals surface area contributed by atoms with E-state index in [1.54, 1.807) is 18.2 Å². The summed E-state index contributed by atoms with van der Waals surface area (Å²) in [6.45, 7) is 0.411. The molecule has 1 N–H and O–H groups in total. The highest BCUT2D eigenvalue weighted by Gasteiger charge is 2.05. The Balaban J connectivity index is 2.13. The third-order valence-electron chi connectivity index (χ3n) is 2.75. The van der Waals surface area contributed by atoms with Gasteiger partial charge in [0.15, 0.2) is 0 Å². The summed E-state index contributed by atoms with van der Waals surface area (Å²) in [5.74, 6) is 6.48. The Kier molecular flexibility index (Phi) is 5.95. The highest BCUT2D eigenvalue weighted by Crippen LogP contribution is 2.28. The van der Waals surface area contributed by atoms with Gasteiger partial charge in [0.05, 0.1) is 11.6 Å². The maximum atomic E-state index is 8.77. The molecule has 0 aromatic heterocycles. The topological polar surface area (TPSA) is 29.5 Å². The van der Waals surface area contributed by atoms with Gasteiger partial charge in [-0.05, 0) is 18.2 Å². The molecule has 0 saturated heterocycles. The second kappa shape index (κ2) is 7.95. The second-order valence-corrected chi connectivity index (χ2v) is 5.14. The van der Waals surface area contributed by atoms with Gasteiger partial charge in [0, 0.05) is 28.6 Å². The van der Waals surface area contributed by atoms with E-state index in [1.807, 2.05) is 24.3 Å². The van der Waals surface area contributed by atoms with Crippen LogP contribution in [0.3, 0.4) is 0 Å². The molecule has 2 rings (SSSR count). The van der Waals surface area contributed by atoms with Gasteiger partial charge in [-0.3, -0.25) is 0 Å². The Morgan fingerprint density at radius 1 is 1.10 bits per heavy atom. The predicted octanol–water partition coefficient (Wildman–Crippen LogP) is 4.31. The van der Waals surface area contributed by atoms with Crippen LogP contribution < -0.4 is 4.74 Å². The smallest absolute Gasteiger partial charge is 0.139 e. The largest absolute Gasteiger partial charge is 0.487 e. The van der Waals surface area contributed by atoms with Crippen molar-refractivity contribution in [1.82, 2.24) is 0 Å². The van der Waals surface area contributed by atoms with Crippen LogP contribution in [-0.4, -0.2) is 11.7 Å². The van der Waals surface area contributed by atoms with Gasteiger partial charge >= 0.3 is 0 Å². The average Bonchev–Trinajstić information content (AvgIpc) is 2.49. The molecule has 4 heteroatoms. The van der Waals surface area contributed by atoms with Crippen molar-refractivity contribution < 1.29 is 9.84 Å². The number of aliphatic hydroxyl groups is 1. The fourth-order valence-corrected chi connectivity index (χ4v) is 2.06. The zero-order chi connectivity index (χ0) is 15.1. The third kappa shape index (κ3) is 4.68. The van der Waals surface area contributed by atoms with E-state index in [2.05, 4.69) is 11.8 Å². The molecule has 0 aliphatic heterocycles. The highest BCUT2D eigenvalue weighted by molar-refractivity contribution is 6.34. The van der Waals surface area contributed by atoms with Crippen LogP contribution in [0.25, 0.3) is 0 Å². The summed E-state index contributed by atoms with van der Waals surface area (Å²) in [6.07, 6.45) is 0.454. The van der Waals surface area contributed by atoms with Crippen molar-refractivity contribution in [2.45, 2.75) is 13.0 Å². The van der Waals surface area contributed by atoms with Gasteiger partial charge in [-0.15, -0.1) is 0 Å². The van der Waals surface area contributed by atoms with Gasteiger partial charge < -0.3 is 9.84 Å². The van der Waals surface area contributed by atoms with Crippen LogP contribution in [0.5, 0.6) is 5.75 Å². The lowest BCUT2D eigenvalue weighted by Gasteiger charge is -2.09. The van der Waals surface area contributed by atoms with Gasteiger partial charge in [-0.25, -0.2) is 0 Å². The number of hydrogen-bond acceptors (Lipinski definition) is 2. The Morgan fingerprint density at radius 3 is 2.71 bits per heavy atom. The van der Waals surface area contributed by atoms with Crippen molar-refractivity contribution in [1.29, 1.82) is 0 Å². The van der Waals surface area contributed by atoms with Crippen molar-refractivity contribution in [2.75, 3.05) is 6.61 Å². The summed E-state index contributed by atoms with van der Waals surface area (Å²) in [7, 11) is 0. The Morgan fingerprint density at radius 2 is 1.90 bits per heavy atom. The first-order valence-electron chi connectivity index (χ1n) is 6.46. The molecule has 108 valence electrons. The van der Waals surface area contributed by atoms with Gasteiger partial charge in [-0.1, -0.05) is 53.2 Å². The van der Waals surface area contributed by atoms with Crippen LogP contribution in [0.2, 0.25) is 10.0 Å². The molecule has 0 aliphatic carbocycles. The summed E-state index contributed by atoms with van der Waals surface area (Å²) in [5, 5.41) is 9.86. The Hall–Kier alpha value is -1.66. The molecule has 0 spiro atoms. The summed E-state index contributed by atoms with van der Waals surface area (Å²) < 4.78 is 5.72. The molecule has 21 heavy (non-hydrogen) atoms. The standard InChI is InChI=1S/C17H14Cl2O2/c18-15-8-9-16(19)17(11-15)21-12-14-7-2-1-5-13(14)6-3-4-10-20/h1-2,5,7-9,11,20H,4,10,12H2. The first-order valence-corrected chi connectivity index (χ1v) is 7.22. The predicted molar refractivity (Wildman–Crippen MR) is 85.8 cm³/mol. The lowest BCUT2D eigenvalue weighted by Crippen LogP contribution is -1.98. The SMILES string of the molecule is OCCC#Cc1ccccc1COc1cc(Cl)ccc1Cl. The maximum Gasteiger partial charge on any atom is 0.139 e. The van der Waals surface area contributed by atoms with E-state index >= 15 is 0 Å². The summed E-state index contributed by atoms with van der Waals surface area (Å²) in [4.78, 5) is 0. The molecule has 0 heterocycles. The van der Waals surface area contributed by atoms with Gasteiger partial charge in [0.1, 0.15) is 12.4 Å². The molecule has 0 amide bonds. The van der Waals surface area contributed by atoms with Crippen LogP contribution in [0.1, 0.15) is 17.5 Å². The maximum absolute atomic E-state index is 8.77. The molecule has 2 aromatic carbocycles. The second-order valence-electron chi connectivity index (χ2n) is 4.30. The Bertz CT molecular complexity index is 672. The minimum Gasteiger partial charge on any atom is -0.487 e. The van der Waals surface area contributed by atoms with Gasteiger partial charge in [0.25, 0.3) is 0 Å². The van der Waals surface area contributed by atoms with Crippen LogP contribution in [-0.2, 0) is 6.61 Å². The Labute approximate surface area is 134 Å². The summed E-state index contributed by atoms with van der Waals surface area (Å²) >= 11 is 12.0. The average molecular weight is 321 g/mol. The summed E-state index contributed by atoms with van der Waals surface area (Å²) in [6, 6.07) is 12.8. The quantitative estimate of drug-likeness (QED) is 0.851. The molecule has 0 saturated carbocycles. The van der Waals surface area contributed by atoms with Crippen molar-refractivity contribution in [3.63, 3.8) is 0 Å². The lowest BCUT2D eigenvalue weighted by molar-refractivity contribution is 0.305. The molecule has 0 atom stereocenters. The molecular weight excluding hydrogens is 307 g/mol. The molecule has 2 aromatic rings. The van der Waals surface area contributed by atoms with Crippen LogP contribution in [0.4, 0.5) is 0 Å². The molecule has 2 nitrogen and oxygen atoms in total. The van der Waals surface area contributed by atoms with Crippen LogP contribution in [0.15, 0.2) is 42.5 Å². The minimum absolute atomic E-state index is 0.0593. The van der Waals surface area contributed by atoms with Crippen molar-refractivity contribution in [3.05, 3.63) is 63.6 Å². The van der Waals surface area contributed by atoms with Crippen molar-refractivity contribution >= 4 is 23.2 Å². The number of hydrogen-bond donors (Lipinski definition) is 1. The number of rotatable bonds is 4. The van der Waals surface area contributed by atoms with Crippen molar-refractivity contribution in [3.8, 4) is 17.6 Å². The number of benzene rings is 2. The van der Waals surface area contributed by atoms with Crippen LogP contribution >= 0.6 is 23.2 Å². The van der Waals surface area contributed by atoms with E-state index in [1.165, 1.54) is 0 Å². The molecule has 0 unspecified atom stereocenters. The normalized spacial score (nSPS) is 9.86. The van der Waals surface area contributed by atoms with Gasteiger partial charge in [-0.2, -0.15) is 0 Å². The first-order chi connectivity index (χ1) is 10.2. The molecule has 0 fully saturated rings. The van der Waals surface area contributed by atoms with E-state index < -0.39 is 0 Å². The lowest BCUT2D eigenvalue weighted by atomic mass is 10.1. The zero-order valence-electron chi connectivity index (χ0n) is 11.3. The fourth-order valence-electron chi connectivity index (χ4n) is 1.73. The minimum atomic E-state index is 0.0593. The molecule has 0 aliphatic rings. The van der Waals surface area contributed by atoms with E-state index in [4.69, 9.17) is 33.0 Å². The fraction of sp³-hybridized carbons (Fsp3) is 0.176. The van der Waals surface area contributed by atoms with E-state index in [-0.39, 0.29) is 6.61 Å². The van der Waals surface area contributed by atoms with E-state index in [0.29, 0.717) is 28.8 Å². The van der Waals surface area contributed by atoms with Crippen LogP contribution in [0, 0.1) is 11.8 Å². The number of halogens is 2. The van der Waals surface area contributed by atoms with E-state index in [0.717, 1.165) is 11.1 Å². The zero-order valence-corrected chi connectivity index (χ0v) is 12.8. The number of ether oxygens (including phenoxy) is 1. The molecule has 0 radical (unpaired) electrons. The highest BCUT2D eigenvalue weighted by atomic mass is 35.5. The third-order valence-corrected chi connectivity index (χ3v) is 3.30. The first kappa shape index (κ1) is 15.7. The summed E-state index contributed by atoms with van der Waals surface area (Å²) in [5.41, 5.74) is 1.84. The monoisotopic (exact) mass is 320 g/mol. The van der Waals surface area contributed by atoms with E-state index in [9.17, 15) is 0 Å². The molecular formula is C17H14Cl2O2.